The molecule has 0 saturated carbocycles. The minimum absolute atomic E-state index is 0.231. The van der Waals surface area contributed by atoms with Gasteiger partial charge >= 0.3 is 0 Å². The third-order valence-corrected chi connectivity index (χ3v) is 3.17. The molecule has 0 aromatic rings. The minimum Gasteiger partial charge on any atom is -0.550 e. The van der Waals surface area contributed by atoms with Crippen LogP contribution in [-0.4, -0.2) is 32.3 Å². The molecule has 1 aliphatic heterocycles. The molecule has 0 unspecified atom stereocenters. The van der Waals surface area contributed by atoms with E-state index in [1.807, 2.05) is 0 Å². The van der Waals surface area contributed by atoms with E-state index in [1.165, 1.54) is 38.5 Å². The van der Waals surface area contributed by atoms with E-state index in [0.717, 1.165) is 39.1 Å². The molecule has 0 aromatic heterocycles. The van der Waals surface area contributed by atoms with E-state index in [2.05, 4.69) is 12.2 Å². The fourth-order valence-corrected chi connectivity index (χ4v) is 1.98. The van der Waals surface area contributed by atoms with Crippen LogP contribution >= 0.6 is 0 Å². The summed E-state index contributed by atoms with van der Waals surface area (Å²) in [5.41, 5.74) is 0. The van der Waals surface area contributed by atoms with E-state index in [0.29, 0.717) is 0 Å². The second-order valence-corrected chi connectivity index (χ2v) is 5.08. The van der Waals surface area contributed by atoms with Crippen LogP contribution < -0.4 is 10.4 Å². The van der Waals surface area contributed by atoms with E-state index in [1.54, 1.807) is 0 Å². The van der Waals surface area contributed by atoms with Crippen LogP contribution in [0.2, 0.25) is 0 Å². The van der Waals surface area contributed by atoms with Gasteiger partial charge in [0.1, 0.15) is 0 Å². The van der Waals surface area contributed by atoms with Crippen molar-refractivity contribution in [2.24, 2.45) is 0 Å². The van der Waals surface area contributed by atoms with Crippen molar-refractivity contribution in [3.63, 3.8) is 0 Å². The number of ether oxygens (including phenoxy) is 1. The largest absolute Gasteiger partial charge is 0.550 e. The minimum atomic E-state index is -0.911. The van der Waals surface area contributed by atoms with E-state index in [4.69, 9.17) is 4.74 Å². The van der Waals surface area contributed by atoms with E-state index >= 15 is 0 Å². The SMILES string of the molecule is C1COCC[NH2+]1.CCCCCCCCCCC(=O)[O-]. The number of quaternary nitrogens is 1. The average molecular weight is 273 g/mol. The lowest BCUT2D eigenvalue weighted by atomic mass is 10.1. The molecule has 0 aliphatic carbocycles. The summed E-state index contributed by atoms with van der Waals surface area (Å²) in [7, 11) is 0. The second-order valence-electron chi connectivity index (χ2n) is 5.08. The van der Waals surface area contributed by atoms with Gasteiger partial charge in [-0.3, -0.25) is 0 Å². The van der Waals surface area contributed by atoms with Gasteiger partial charge in [0.25, 0.3) is 0 Å². The summed E-state index contributed by atoms with van der Waals surface area (Å²) in [5, 5.41) is 12.3. The van der Waals surface area contributed by atoms with E-state index in [9.17, 15) is 9.90 Å². The standard InChI is InChI=1S/C11H22O2.C4H9NO/c1-2-3-4-5-6-7-8-9-10-11(12)13;1-3-6-4-2-5-1/h2-10H2,1H3,(H,12,13);5H,1-4H2. The summed E-state index contributed by atoms with van der Waals surface area (Å²) in [6.07, 6.45) is 9.75. The lowest BCUT2D eigenvalue weighted by Crippen LogP contribution is -2.87. The van der Waals surface area contributed by atoms with Gasteiger partial charge in [-0.2, -0.15) is 0 Å². The number of carbonyl (C=O) groups excluding carboxylic acids is 1. The summed E-state index contributed by atoms with van der Waals surface area (Å²) in [5.74, 6) is -0.911. The van der Waals surface area contributed by atoms with Crippen molar-refractivity contribution in [3.05, 3.63) is 0 Å². The fourth-order valence-electron chi connectivity index (χ4n) is 1.98. The smallest absolute Gasteiger partial charge is 0.0993 e. The van der Waals surface area contributed by atoms with Crippen molar-refractivity contribution in [1.82, 2.24) is 0 Å². The molecule has 0 radical (unpaired) electrons. The third-order valence-electron chi connectivity index (χ3n) is 3.17. The molecule has 0 atom stereocenters. The van der Waals surface area contributed by atoms with Gasteiger partial charge in [0, 0.05) is 5.97 Å². The third kappa shape index (κ3) is 17.4. The predicted octanol–water partition coefficient (Wildman–Crippen LogP) is 0.847. The Morgan fingerprint density at radius 1 is 1.00 bits per heavy atom. The maximum absolute atomic E-state index is 10.1. The predicted molar refractivity (Wildman–Crippen MR) is 74.7 cm³/mol. The molecule has 1 heterocycles. The maximum atomic E-state index is 10.1. The van der Waals surface area contributed by atoms with Gasteiger partial charge in [-0.1, -0.05) is 51.9 Å². The lowest BCUT2D eigenvalue weighted by molar-refractivity contribution is -0.670. The zero-order chi connectivity index (χ0) is 14.2. The average Bonchev–Trinajstić information content (AvgIpc) is 2.44. The Labute approximate surface area is 117 Å². The molecular weight excluding hydrogens is 242 g/mol. The highest BCUT2D eigenvalue weighted by atomic mass is 16.5. The summed E-state index contributed by atoms with van der Waals surface area (Å²) in [6, 6.07) is 0. The first-order valence-corrected chi connectivity index (χ1v) is 7.86. The zero-order valence-electron chi connectivity index (χ0n) is 12.5. The van der Waals surface area contributed by atoms with Crippen LogP contribution in [0, 0.1) is 0 Å². The molecule has 0 amide bonds. The van der Waals surface area contributed by atoms with Crippen LogP contribution in [0.4, 0.5) is 0 Å². The van der Waals surface area contributed by atoms with Gasteiger partial charge < -0.3 is 20.0 Å². The van der Waals surface area contributed by atoms with Crippen molar-refractivity contribution in [2.45, 2.75) is 64.7 Å². The molecule has 0 spiro atoms. The first-order valence-electron chi connectivity index (χ1n) is 7.86. The Bertz CT molecular complexity index is 182. The number of aliphatic carboxylic acids is 1. The van der Waals surface area contributed by atoms with Crippen LogP contribution in [0.25, 0.3) is 0 Å². The molecule has 0 aromatic carbocycles. The lowest BCUT2D eigenvalue weighted by Gasteiger charge is -2.07. The highest BCUT2D eigenvalue weighted by Gasteiger charge is 1.97. The Balaban J connectivity index is 0.000000443. The molecule has 1 rings (SSSR count). The number of carboxylic acid groups (broad SMARTS) is 1. The highest BCUT2D eigenvalue weighted by Crippen LogP contribution is 2.08. The van der Waals surface area contributed by atoms with Gasteiger partial charge in [-0.15, -0.1) is 0 Å². The highest BCUT2D eigenvalue weighted by molar-refractivity contribution is 5.63. The van der Waals surface area contributed by atoms with Crippen LogP contribution in [-0.2, 0) is 9.53 Å². The number of hydrogen-bond acceptors (Lipinski definition) is 3. The Morgan fingerprint density at radius 2 is 1.53 bits per heavy atom. The number of morpholine rings is 1. The number of hydrogen-bond donors (Lipinski definition) is 1. The van der Waals surface area contributed by atoms with E-state index in [-0.39, 0.29) is 6.42 Å². The summed E-state index contributed by atoms with van der Waals surface area (Å²) in [4.78, 5) is 10.1. The number of carbonyl (C=O) groups is 1. The molecule has 4 nitrogen and oxygen atoms in total. The van der Waals surface area contributed by atoms with Crippen molar-refractivity contribution in [1.29, 1.82) is 0 Å². The molecule has 19 heavy (non-hydrogen) atoms. The molecule has 1 fully saturated rings. The van der Waals surface area contributed by atoms with Gasteiger partial charge in [-0.05, 0) is 12.8 Å². The molecule has 1 aliphatic rings. The first-order chi connectivity index (χ1) is 9.27. The van der Waals surface area contributed by atoms with Crippen molar-refractivity contribution < 1.29 is 20.0 Å². The molecule has 4 heteroatoms. The Morgan fingerprint density at radius 3 is 1.89 bits per heavy atom. The van der Waals surface area contributed by atoms with Crippen LogP contribution in [0.1, 0.15) is 64.7 Å². The Kier molecular flexibility index (Phi) is 15.0. The topological polar surface area (TPSA) is 66.0 Å². The maximum Gasteiger partial charge on any atom is 0.0993 e. The summed E-state index contributed by atoms with van der Waals surface area (Å²) in [6.45, 7) is 6.40. The number of nitrogens with two attached hydrogens (primary N) is 1. The number of rotatable bonds is 9. The summed E-state index contributed by atoms with van der Waals surface area (Å²) >= 11 is 0. The van der Waals surface area contributed by atoms with Crippen LogP contribution in [0.15, 0.2) is 0 Å². The van der Waals surface area contributed by atoms with Gasteiger partial charge in [-0.25, -0.2) is 0 Å². The number of unbranched alkanes of at least 4 members (excludes halogenated alkanes) is 7. The zero-order valence-corrected chi connectivity index (χ0v) is 12.5. The van der Waals surface area contributed by atoms with Crippen molar-refractivity contribution in [3.8, 4) is 0 Å². The van der Waals surface area contributed by atoms with Crippen molar-refractivity contribution in [2.75, 3.05) is 26.3 Å². The second kappa shape index (κ2) is 15.4. The molecule has 114 valence electrons. The monoisotopic (exact) mass is 273 g/mol. The molecule has 1 saturated heterocycles. The normalized spacial score (nSPS) is 14.6. The molecule has 0 bridgehead atoms. The quantitative estimate of drug-likeness (QED) is 0.633. The van der Waals surface area contributed by atoms with Gasteiger partial charge in [0.05, 0.1) is 26.3 Å². The Hall–Kier alpha value is -0.610. The fraction of sp³-hybridized carbons (Fsp3) is 0.933. The van der Waals surface area contributed by atoms with Gasteiger partial charge in [0.15, 0.2) is 0 Å². The van der Waals surface area contributed by atoms with Crippen LogP contribution in [0.5, 0.6) is 0 Å². The number of carboxylic acids is 1. The van der Waals surface area contributed by atoms with Crippen molar-refractivity contribution >= 4 is 5.97 Å². The molecular formula is C15H31NO3. The van der Waals surface area contributed by atoms with E-state index < -0.39 is 5.97 Å². The van der Waals surface area contributed by atoms with Crippen LogP contribution in [0.3, 0.4) is 0 Å². The molecule has 2 N–H and O–H groups in total. The van der Waals surface area contributed by atoms with Gasteiger partial charge in [0.2, 0.25) is 0 Å². The first kappa shape index (κ1) is 18.4. The summed E-state index contributed by atoms with van der Waals surface area (Å²) < 4.78 is 5.04.